The van der Waals surface area contributed by atoms with E-state index in [2.05, 4.69) is 10.6 Å². The fourth-order valence-corrected chi connectivity index (χ4v) is 1.36. The molecule has 0 unspecified atom stereocenters. The van der Waals surface area contributed by atoms with E-state index >= 15 is 0 Å². The van der Waals surface area contributed by atoms with Crippen LogP contribution < -0.4 is 16.4 Å². The van der Waals surface area contributed by atoms with Crippen molar-refractivity contribution in [3.63, 3.8) is 0 Å². The van der Waals surface area contributed by atoms with Crippen LogP contribution in [0, 0.1) is 18.3 Å². The molecule has 1 amide bonds. The molecule has 1 aromatic carbocycles. The third kappa shape index (κ3) is 4.34. The molecule has 0 fully saturated rings. The van der Waals surface area contributed by atoms with Gasteiger partial charge in [-0.15, -0.1) is 0 Å². The van der Waals surface area contributed by atoms with E-state index in [0.29, 0.717) is 11.4 Å². The Morgan fingerprint density at radius 2 is 2.20 bits per heavy atom. The highest BCUT2D eigenvalue weighted by molar-refractivity contribution is 5.98. The average molecular weight is 274 g/mol. The first-order valence-corrected chi connectivity index (χ1v) is 5.67. The molecule has 5 N–H and O–H groups in total. The third-order valence-electron chi connectivity index (χ3n) is 2.34. The van der Waals surface area contributed by atoms with Crippen molar-refractivity contribution >= 4 is 23.3 Å². The van der Waals surface area contributed by atoms with Crippen LogP contribution in [0.1, 0.15) is 5.56 Å². The predicted octanol–water partition coefficient (Wildman–Crippen LogP) is 0.597. The number of nitrogens with one attached hydrogen (secondary N) is 2. The SMILES string of the molecule is Cc1ccc(N/C=C(/C#N)C(=O)NCC(=O)O)c(N)c1. The summed E-state index contributed by atoms with van der Waals surface area (Å²) < 4.78 is 0. The molecule has 0 radical (unpaired) electrons. The molecular weight excluding hydrogens is 260 g/mol. The van der Waals surface area contributed by atoms with Gasteiger partial charge in [0.05, 0.1) is 11.4 Å². The second kappa shape index (κ2) is 6.80. The summed E-state index contributed by atoms with van der Waals surface area (Å²) in [7, 11) is 0. The average Bonchev–Trinajstić information content (AvgIpc) is 2.39. The van der Waals surface area contributed by atoms with E-state index in [-0.39, 0.29) is 5.57 Å². The lowest BCUT2D eigenvalue weighted by atomic mass is 10.2. The zero-order valence-electron chi connectivity index (χ0n) is 10.8. The highest BCUT2D eigenvalue weighted by Crippen LogP contribution is 2.19. The van der Waals surface area contributed by atoms with E-state index in [0.717, 1.165) is 5.56 Å². The van der Waals surface area contributed by atoms with Gasteiger partial charge in [-0.05, 0) is 24.6 Å². The molecule has 0 saturated carbocycles. The maximum Gasteiger partial charge on any atom is 0.322 e. The second-order valence-corrected chi connectivity index (χ2v) is 3.98. The molecule has 0 atom stereocenters. The number of benzene rings is 1. The molecule has 20 heavy (non-hydrogen) atoms. The number of carbonyl (C=O) groups excluding carboxylic acids is 1. The minimum atomic E-state index is -1.19. The van der Waals surface area contributed by atoms with E-state index < -0.39 is 18.4 Å². The van der Waals surface area contributed by atoms with E-state index in [4.69, 9.17) is 16.1 Å². The van der Waals surface area contributed by atoms with Crippen LogP contribution in [0.25, 0.3) is 0 Å². The normalized spacial score (nSPS) is 10.5. The van der Waals surface area contributed by atoms with Gasteiger partial charge in [0.1, 0.15) is 18.2 Å². The van der Waals surface area contributed by atoms with Gasteiger partial charge >= 0.3 is 5.97 Å². The summed E-state index contributed by atoms with van der Waals surface area (Å²) >= 11 is 0. The minimum absolute atomic E-state index is 0.244. The van der Waals surface area contributed by atoms with Crippen molar-refractivity contribution in [3.05, 3.63) is 35.5 Å². The Morgan fingerprint density at radius 1 is 1.50 bits per heavy atom. The number of aryl methyl sites for hydroxylation is 1. The van der Waals surface area contributed by atoms with E-state index in [9.17, 15) is 9.59 Å². The number of nitrogen functional groups attached to an aromatic ring is 1. The summed E-state index contributed by atoms with van der Waals surface area (Å²) in [4.78, 5) is 21.8. The number of carboxylic acid groups (broad SMARTS) is 1. The molecule has 0 heterocycles. The smallest absolute Gasteiger partial charge is 0.322 e. The Balaban J connectivity index is 2.77. The number of rotatable bonds is 5. The Bertz CT molecular complexity index is 602. The third-order valence-corrected chi connectivity index (χ3v) is 2.34. The molecular formula is C13H14N4O3. The summed E-state index contributed by atoms with van der Waals surface area (Å²) in [5, 5.41) is 22.1. The van der Waals surface area contributed by atoms with Gasteiger partial charge in [0, 0.05) is 6.20 Å². The number of anilines is 2. The molecule has 0 aliphatic carbocycles. The van der Waals surface area contributed by atoms with Crippen LogP contribution in [-0.4, -0.2) is 23.5 Å². The van der Waals surface area contributed by atoms with Gasteiger partial charge in [-0.3, -0.25) is 9.59 Å². The summed E-state index contributed by atoms with van der Waals surface area (Å²) in [6.45, 7) is 1.33. The number of nitrogens with zero attached hydrogens (tertiary/aromatic N) is 1. The summed E-state index contributed by atoms with van der Waals surface area (Å²) in [5.41, 5.74) is 7.54. The zero-order valence-corrected chi connectivity index (χ0v) is 10.8. The quantitative estimate of drug-likeness (QED) is 0.353. The zero-order chi connectivity index (χ0) is 15.1. The van der Waals surface area contributed by atoms with E-state index in [1.54, 1.807) is 18.2 Å². The van der Waals surface area contributed by atoms with Crippen LogP contribution in [-0.2, 0) is 9.59 Å². The maximum atomic E-state index is 11.5. The van der Waals surface area contributed by atoms with Gasteiger partial charge in [0.15, 0.2) is 0 Å². The van der Waals surface area contributed by atoms with Crippen LogP contribution >= 0.6 is 0 Å². The highest BCUT2D eigenvalue weighted by Gasteiger charge is 2.10. The van der Waals surface area contributed by atoms with Crippen LogP contribution in [0.2, 0.25) is 0 Å². The van der Waals surface area contributed by atoms with Crippen molar-refractivity contribution in [1.82, 2.24) is 5.32 Å². The molecule has 7 nitrogen and oxygen atoms in total. The highest BCUT2D eigenvalue weighted by atomic mass is 16.4. The van der Waals surface area contributed by atoms with Crippen LogP contribution in [0.3, 0.4) is 0 Å². The molecule has 0 bridgehead atoms. The second-order valence-electron chi connectivity index (χ2n) is 3.98. The summed E-state index contributed by atoms with van der Waals surface area (Å²) in [5.74, 6) is -1.96. The van der Waals surface area contributed by atoms with Gasteiger partial charge in [-0.1, -0.05) is 6.07 Å². The van der Waals surface area contributed by atoms with Crippen LogP contribution in [0.5, 0.6) is 0 Å². The Labute approximate surface area is 115 Å². The molecule has 0 aromatic heterocycles. The monoisotopic (exact) mass is 274 g/mol. The first kappa shape index (κ1) is 15.0. The van der Waals surface area contributed by atoms with Crippen molar-refractivity contribution in [2.75, 3.05) is 17.6 Å². The van der Waals surface area contributed by atoms with Gasteiger partial charge in [-0.2, -0.15) is 5.26 Å². The number of amides is 1. The summed E-state index contributed by atoms with van der Waals surface area (Å²) in [6.07, 6.45) is 1.18. The van der Waals surface area contributed by atoms with E-state index in [1.807, 2.05) is 13.0 Å². The van der Waals surface area contributed by atoms with Crippen LogP contribution in [0.4, 0.5) is 11.4 Å². The Morgan fingerprint density at radius 3 is 2.75 bits per heavy atom. The number of carboxylic acids is 1. The fourth-order valence-electron chi connectivity index (χ4n) is 1.36. The molecule has 0 aliphatic heterocycles. The molecule has 1 rings (SSSR count). The number of aliphatic carboxylic acids is 1. The Kier molecular flexibility index (Phi) is 5.12. The number of hydrogen-bond acceptors (Lipinski definition) is 5. The lowest BCUT2D eigenvalue weighted by Crippen LogP contribution is -2.30. The number of carbonyl (C=O) groups is 2. The number of nitriles is 1. The molecule has 104 valence electrons. The fraction of sp³-hybridized carbons (Fsp3) is 0.154. The van der Waals surface area contributed by atoms with Gasteiger partial charge < -0.3 is 21.5 Å². The van der Waals surface area contributed by atoms with Gasteiger partial charge in [-0.25, -0.2) is 0 Å². The molecule has 0 spiro atoms. The first-order valence-electron chi connectivity index (χ1n) is 5.67. The Hall–Kier alpha value is -3.01. The first-order chi connectivity index (χ1) is 9.43. The van der Waals surface area contributed by atoms with E-state index in [1.165, 1.54) is 6.20 Å². The molecule has 7 heteroatoms. The molecule has 1 aromatic rings. The lowest BCUT2D eigenvalue weighted by Gasteiger charge is -2.07. The van der Waals surface area contributed by atoms with Crippen molar-refractivity contribution in [2.24, 2.45) is 0 Å². The predicted molar refractivity (Wildman–Crippen MR) is 73.6 cm³/mol. The number of nitrogens with two attached hydrogens (primary N) is 1. The van der Waals surface area contributed by atoms with Crippen LogP contribution in [0.15, 0.2) is 30.0 Å². The lowest BCUT2D eigenvalue weighted by molar-refractivity contribution is -0.137. The standard InChI is InChI=1S/C13H14N4O3/c1-8-2-3-11(10(15)4-8)16-6-9(5-14)13(20)17-7-12(18)19/h2-4,6,16H,7,15H2,1H3,(H,17,20)(H,18,19)/b9-6-. The number of hydrogen-bond donors (Lipinski definition) is 4. The van der Waals surface area contributed by atoms with Crippen molar-refractivity contribution in [2.45, 2.75) is 6.92 Å². The van der Waals surface area contributed by atoms with Gasteiger partial charge in [0.2, 0.25) is 0 Å². The van der Waals surface area contributed by atoms with Crippen molar-refractivity contribution in [3.8, 4) is 6.07 Å². The summed E-state index contributed by atoms with van der Waals surface area (Å²) in [6, 6.07) is 6.96. The van der Waals surface area contributed by atoms with Crippen molar-refractivity contribution in [1.29, 1.82) is 5.26 Å². The largest absolute Gasteiger partial charge is 0.480 e. The topological polar surface area (TPSA) is 128 Å². The maximum absolute atomic E-state index is 11.5. The molecule has 0 saturated heterocycles. The van der Waals surface area contributed by atoms with Crippen molar-refractivity contribution < 1.29 is 14.7 Å². The minimum Gasteiger partial charge on any atom is -0.480 e. The van der Waals surface area contributed by atoms with Gasteiger partial charge in [0.25, 0.3) is 5.91 Å². The molecule has 0 aliphatic rings.